The number of pyridine rings is 1. The van der Waals surface area contributed by atoms with Gasteiger partial charge in [0.15, 0.2) is 0 Å². The van der Waals surface area contributed by atoms with Gasteiger partial charge in [-0.25, -0.2) is 10.8 Å². The average Bonchev–Trinajstić information content (AvgIpc) is 3.25. The Labute approximate surface area is 121 Å². The second kappa shape index (κ2) is 6.95. The van der Waals surface area contributed by atoms with Crippen LogP contribution in [-0.4, -0.2) is 24.7 Å². The molecule has 21 heavy (non-hydrogen) atoms. The van der Waals surface area contributed by atoms with Crippen LogP contribution in [0, 0.1) is 5.92 Å². The van der Waals surface area contributed by atoms with Crippen LogP contribution in [-0.2, 0) is 10.9 Å². The summed E-state index contributed by atoms with van der Waals surface area (Å²) in [6, 6.07) is 1.83. The molecule has 1 heterocycles. The molecule has 0 aliphatic heterocycles. The molecule has 8 heteroatoms. The first-order valence-corrected chi connectivity index (χ1v) is 6.86. The summed E-state index contributed by atoms with van der Waals surface area (Å²) in [4.78, 5) is 3.93. The molecular weight excluding hydrogens is 285 g/mol. The number of rotatable bonds is 8. The van der Waals surface area contributed by atoms with Gasteiger partial charge in [0.1, 0.15) is 11.6 Å². The van der Waals surface area contributed by atoms with Crippen molar-refractivity contribution in [2.24, 2.45) is 11.8 Å². The van der Waals surface area contributed by atoms with E-state index < -0.39 is 11.7 Å². The minimum absolute atomic E-state index is 0.0303. The highest BCUT2D eigenvalue weighted by atomic mass is 19.4. The Morgan fingerprint density at radius 1 is 1.29 bits per heavy atom. The van der Waals surface area contributed by atoms with Crippen LogP contribution in [0.4, 0.5) is 24.8 Å². The maximum absolute atomic E-state index is 12.7. The Balaban J connectivity index is 1.80. The fourth-order valence-corrected chi connectivity index (χ4v) is 1.78. The number of nitrogens with one attached hydrogen (secondary N) is 2. The van der Waals surface area contributed by atoms with Crippen LogP contribution < -0.4 is 16.6 Å². The fourth-order valence-electron chi connectivity index (χ4n) is 1.78. The summed E-state index contributed by atoms with van der Waals surface area (Å²) in [5.41, 5.74) is 1.34. The van der Waals surface area contributed by atoms with Crippen LogP contribution in [0.2, 0.25) is 0 Å². The molecule has 1 fully saturated rings. The van der Waals surface area contributed by atoms with E-state index >= 15 is 0 Å². The number of hydrogen-bond donors (Lipinski definition) is 3. The predicted octanol–water partition coefficient (Wildman–Crippen LogP) is 2.61. The minimum Gasteiger partial charge on any atom is -0.381 e. The second-order valence-corrected chi connectivity index (χ2v) is 5.07. The van der Waals surface area contributed by atoms with E-state index in [-0.39, 0.29) is 11.6 Å². The number of nitrogen functional groups attached to an aromatic ring is 1. The number of hydrazine groups is 1. The third-order valence-corrected chi connectivity index (χ3v) is 3.12. The molecule has 0 bridgehead atoms. The first-order chi connectivity index (χ1) is 9.99. The van der Waals surface area contributed by atoms with Crippen LogP contribution in [0.1, 0.15) is 24.8 Å². The van der Waals surface area contributed by atoms with E-state index in [9.17, 15) is 13.2 Å². The Hall–Kier alpha value is -1.54. The molecule has 0 saturated heterocycles. The molecule has 0 spiro atoms. The summed E-state index contributed by atoms with van der Waals surface area (Å²) in [5.74, 6) is 5.95. The molecule has 1 aliphatic rings. The summed E-state index contributed by atoms with van der Waals surface area (Å²) in [5, 5.41) is 2.85. The van der Waals surface area contributed by atoms with Gasteiger partial charge in [-0.15, -0.1) is 0 Å². The van der Waals surface area contributed by atoms with Gasteiger partial charge < -0.3 is 15.5 Å². The van der Waals surface area contributed by atoms with Crippen LogP contribution in [0.15, 0.2) is 12.1 Å². The Morgan fingerprint density at radius 3 is 2.62 bits per heavy atom. The molecule has 1 aromatic heterocycles. The van der Waals surface area contributed by atoms with Gasteiger partial charge in [0.2, 0.25) is 0 Å². The molecule has 2 rings (SSSR count). The zero-order valence-corrected chi connectivity index (χ0v) is 11.5. The molecule has 5 nitrogen and oxygen atoms in total. The van der Waals surface area contributed by atoms with Crippen molar-refractivity contribution in [2.75, 3.05) is 30.5 Å². The van der Waals surface area contributed by atoms with Gasteiger partial charge in [-0.05, 0) is 37.3 Å². The Kier molecular flexibility index (Phi) is 5.24. The summed E-state index contributed by atoms with van der Waals surface area (Å²) in [6.07, 6.45) is -1.25. The van der Waals surface area contributed by atoms with Crippen LogP contribution in [0.25, 0.3) is 0 Å². The lowest BCUT2D eigenvalue weighted by Crippen LogP contribution is -2.14. The highest BCUT2D eigenvalue weighted by molar-refractivity contribution is 5.49. The molecule has 0 unspecified atom stereocenters. The zero-order valence-electron chi connectivity index (χ0n) is 11.5. The molecule has 0 amide bonds. The number of aromatic nitrogens is 1. The number of anilines is 2. The van der Waals surface area contributed by atoms with Gasteiger partial charge in [0.25, 0.3) is 0 Å². The maximum Gasteiger partial charge on any atom is 0.416 e. The fraction of sp³-hybridized carbons (Fsp3) is 0.615. The normalized spacial score (nSPS) is 15.0. The molecule has 0 radical (unpaired) electrons. The second-order valence-electron chi connectivity index (χ2n) is 5.07. The first kappa shape index (κ1) is 15.8. The highest BCUT2D eigenvalue weighted by Crippen LogP contribution is 2.32. The van der Waals surface area contributed by atoms with Gasteiger partial charge in [-0.1, -0.05) is 0 Å². The average molecular weight is 304 g/mol. The van der Waals surface area contributed by atoms with Crippen LogP contribution in [0.3, 0.4) is 0 Å². The van der Waals surface area contributed by atoms with E-state index in [2.05, 4.69) is 15.7 Å². The molecule has 1 aromatic rings. The van der Waals surface area contributed by atoms with Crippen molar-refractivity contribution in [1.29, 1.82) is 0 Å². The molecule has 4 N–H and O–H groups in total. The van der Waals surface area contributed by atoms with Crippen LogP contribution in [0.5, 0.6) is 0 Å². The molecule has 0 atom stereocenters. The van der Waals surface area contributed by atoms with E-state index in [1.54, 1.807) is 0 Å². The lowest BCUT2D eigenvalue weighted by molar-refractivity contribution is -0.137. The molecular formula is C13H19F3N4O. The number of alkyl halides is 3. The first-order valence-electron chi connectivity index (χ1n) is 6.86. The lowest BCUT2D eigenvalue weighted by Gasteiger charge is -2.12. The summed E-state index contributed by atoms with van der Waals surface area (Å²) >= 11 is 0. The Bertz CT molecular complexity index is 463. The summed E-state index contributed by atoms with van der Waals surface area (Å²) in [7, 11) is 0. The molecule has 1 saturated carbocycles. The van der Waals surface area contributed by atoms with Crippen molar-refractivity contribution in [1.82, 2.24) is 4.98 Å². The minimum atomic E-state index is -4.43. The lowest BCUT2D eigenvalue weighted by atomic mass is 10.2. The van der Waals surface area contributed by atoms with Crippen molar-refractivity contribution in [3.8, 4) is 0 Å². The third-order valence-electron chi connectivity index (χ3n) is 3.12. The Morgan fingerprint density at radius 2 is 2.00 bits per heavy atom. The smallest absolute Gasteiger partial charge is 0.381 e. The summed E-state index contributed by atoms with van der Waals surface area (Å²) < 4.78 is 43.6. The van der Waals surface area contributed by atoms with Crippen LogP contribution >= 0.6 is 0 Å². The molecule has 1 aliphatic carbocycles. The highest BCUT2D eigenvalue weighted by Gasteiger charge is 2.31. The standard InChI is InChI=1S/C13H19F3N4O/c14-13(15,16)10-6-11(19-12(7-10)20-17)18-4-1-5-21-8-9-2-3-9/h6-7,9H,1-5,8,17H2,(H2,18,19,20). The number of nitrogens with two attached hydrogens (primary N) is 1. The van der Waals surface area contributed by atoms with E-state index in [0.29, 0.717) is 25.5 Å². The van der Waals surface area contributed by atoms with Gasteiger partial charge >= 0.3 is 6.18 Å². The predicted molar refractivity (Wildman–Crippen MR) is 73.7 cm³/mol. The summed E-state index contributed by atoms with van der Waals surface area (Å²) in [6.45, 7) is 1.86. The van der Waals surface area contributed by atoms with E-state index in [1.807, 2.05) is 0 Å². The van der Waals surface area contributed by atoms with Gasteiger partial charge in [-0.2, -0.15) is 13.2 Å². The number of ether oxygens (including phenoxy) is 1. The SMILES string of the molecule is NNc1cc(C(F)(F)F)cc(NCCCOCC2CC2)n1. The quantitative estimate of drug-likeness (QED) is 0.391. The van der Waals surface area contributed by atoms with E-state index in [1.165, 1.54) is 12.8 Å². The molecule has 0 aromatic carbocycles. The largest absolute Gasteiger partial charge is 0.416 e. The topological polar surface area (TPSA) is 72.2 Å². The molecule has 118 valence electrons. The van der Waals surface area contributed by atoms with E-state index in [0.717, 1.165) is 18.7 Å². The van der Waals surface area contributed by atoms with Gasteiger partial charge in [0.05, 0.1) is 5.56 Å². The number of halogens is 3. The number of nitrogens with zero attached hydrogens (tertiary/aromatic N) is 1. The monoisotopic (exact) mass is 304 g/mol. The third kappa shape index (κ3) is 5.39. The maximum atomic E-state index is 12.7. The zero-order chi connectivity index (χ0) is 15.3. The van der Waals surface area contributed by atoms with Crippen molar-refractivity contribution in [3.63, 3.8) is 0 Å². The van der Waals surface area contributed by atoms with Gasteiger partial charge in [-0.3, -0.25) is 0 Å². The van der Waals surface area contributed by atoms with E-state index in [4.69, 9.17) is 10.6 Å². The van der Waals surface area contributed by atoms with Crippen molar-refractivity contribution in [2.45, 2.75) is 25.4 Å². The van der Waals surface area contributed by atoms with Crippen molar-refractivity contribution >= 4 is 11.6 Å². The van der Waals surface area contributed by atoms with Gasteiger partial charge in [0, 0.05) is 19.8 Å². The van der Waals surface area contributed by atoms with Crippen molar-refractivity contribution in [3.05, 3.63) is 17.7 Å². The van der Waals surface area contributed by atoms with Crippen molar-refractivity contribution < 1.29 is 17.9 Å². The number of hydrogen-bond acceptors (Lipinski definition) is 5.